The van der Waals surface area contributed by atoms with E-state index in [1.165, 1.54) is 0 Å². The Hall–Kier alpha value is -1.19. The highest BCUT2D eigenvalue weighted by molar-refractivity contribution is 7.80. The molecule has 8 nitrogen and oxygen atoms in total. The summed E-state index contributed by atoms with van der Waals surface area (Å²) >= 11 is 0. The Kier molecular flexibility index (Phi) is 6.20. The van der Waals surface area contributed by atoms with Gasteiger partial charge in [-0.2, -0.15) is 8.42 Å². The number of hydrogen-bond acceptors (Lipinski definition) is 5. The van der Waals surface area contributed by atoms with Crippen molar-refractivity contribution in [2.75, 3.05) is 6.54 Å². The molecule has 0 aromatic rings. The first-order valence-corrected chi connectivity index (χ1v) is 14.3. The standard InChI is InChI=1S/C26H43NO7S/c1-16(4-9-23(28)27-15-24(29)30)20-7-8-21-19-6-5-17-14-18(34-35(31,32)33)10-12-25(17,2)22(19)11-13-26(20,21)3/h16-22H,4-15H2,1-3H3,(H,27,28)(H,29,30)(H,31,32,33)/t16-,17-,18-,19+,20-,21+,22+,25+,26-/m1/s1/i10D2,14D2. The SMILES string of the molecule is [2H]C1([2H])C[C@@]2(C)[C@H](CC[C@@H]3[C@@H]2CC[C@]2(C)[C@@H]([C@H](C)CCC(=O)NCC(=O)O)CC[C@@H]32)C([2H])([2H])[C@@H]1OS(=O)(=O)O. The molecule has 4 rings (SSSR count). The maximum absolute atomic E-state index is 12.1. The molecule has 0 spiro atoms. The summed E-state index contributed by atoms with van der Waals surface area (Å²) in [4.78, 5) is 22.8. The second-order valence-corrected chi connectivity index (χ2v) is 12.9. The average Bonchev–Trinajstić information content (AvgIpc) is 3.15. The molecule has 0 aromatic carbocycles. The first-order valence-electron chi connectivity index (χ1n) is 15.0. The maximum atomic E-state index is 12.1. The maximum Gasteiger partial charge on any atom is 0.397 e. The van der Waals surface area contributed by atoms with Crippen LogP contribution in [0.25, 0.3) is 0 Å². The van der Waals surface area contributed by atoms with Gasteiger partial charge >= 0.3 is 16.4 Å². The van der Waals surface area contributed by atoms with E-state index >= 15 is 0 Å². The van der Waals surface area contributed by atoms with Crippen molar-refractivity contribution in [3.63, 3.8) is 0 Å². The molecule has 0 radical (unpaired) electrons. The van der Waals surface area contributed by atoms with Gasteiger partial charge in [0.2, 0.25) is 5.91 Å². The van der Waals surface area contributed by atoms with Crippen molar-refractivity contribution >= 4 is 22.3 Å². The summed E-state index contributed by atoms with van der Waals surface area (Å²) in [5.41, 5.74) is -0.618. The minimum absolute atomic E-state index is 0.0275. The van der Waals surface area contributed by atoms with E-state index in [-0.39, 0.29) is 42.5 Å². The van der Waals surface area contributed by atoms with Gasteiger partial charge in [-0.15, -0.1) is 0 Å². The van der Waals surface area contributed by atoms with Crippen LogP contribution < -0.4 is 5.32 Å². The highest BCUT2D eigenvalue weighted by Gasteiger charge is 2.60. The van der Waals surface area contributed by atoms with Gasteiger partial charge in [-0.3, -0.25) is 14.1 Å². The van der Waals surface area contributed by atoms with Crippen LogP contribution >= 0.6 is 0 Å². The number of aliphatic carboxylic acids is 1. The molecular formula is C26H43NO7S. The van der Waals surface area contributed by atoms with Crippen LogP contribution in [0.15, 0.2) is 0 Å². The Bertz CT molecular complexity index is 1090. The lowest BCUT2D eigenvalue weighted by Gasteiger charge is -2.61. The van der Waals surface area contributed by atoms with Crippen LogP contribution in [0, 0.1) is 46.3 Å². The van der Waals surface area contributed by atoms with Gasteiger partial charge in [0.1, 0.15) is 6.54 Å². The number of carboxylic acid groups (broad SMARTS) is 1. The minimum Gasteiger partial charge on any atom is -0.480 e. The Morgan fingerprint density at radius 2 is 1.83 bits per heavy atom. The van der Waals surface area contributed by atoms with Gasteiger partial charge in [-0.05, 0) is 110 Å². The number of carbonyl (C=O) groups excluding carboxylic acids is 1. The van der Waals surface area contributed by atoms with Gasteiger partial charge in [0.25, 0.3) is 0 Å². The molecule has 1 amide bonds. The van der Waals surface area contributed by atoms with E-state index in [0.29, 0.717) is 30.6 Å². The molecule has 35 heavy (non-hydrogen) atoms. The summed E-state index contributed by atoms with van der Waals surface area (Å²) in [6.45, 7) is 6.11. The molecule has 9 heteroatoms. The zero-order chi connectivity index (χ0) is 29.2. The summed E-state index contributed by atoms with van der Waals surface area (Å²) in [5.74, 6) is -0.390. The van der Waals surface area contributed by atoms with Crippen molar-refractivity contribution in [1.29, 1.82) is 0 Å². The van der Waals surface area contributed by atoms with E-state index in [1.807, 2.05) is 6.92 Å². The number of hydrogen-bond donors (Lipinski definition) is 3. The smallest absolute Gasteiger partial charge is 0.397 e. The van der Waals surface area contributed by atoms with Crippen LogP contribution in [0.5, 0.6) is 0 Å². The van der Waals surface area contributed by atoms with E-state index < -0.39 is 46.6 Å². The van der Waals surface area contributed by atoms with E-state index in [0.717, 1.165) is 32.1 Å². The van der Waals surface area contributed by atoms with E-state index in [1.54, 1.807) is 0 Å². The molecule has 200 valence electrons. The molecule has 4 aliphatic carbocycles. The quantitative estimate of drug-likeness (QED) is 0.406. The Morgan fingerprint density at radius 3 is 2.51 bits per heavy atom. The second-order valence-electron chi connectivity index (χ2n) is 11.9. The van der Waals surface area contributed by atoms with Gasteiger partial charge in [0.15, 0.2) is 0 Å². The molecule has 0 aromatic heterocycles. The number of carbonyl (C=O) groups is 2. The molecule has 0 heterocycles. The number of nitrogens with one attached hydrogen (secondary N) is 1. The largest absolute Gasteiger partial charge is 0.480 e. The highest BCUT2D eigenvalue weighted by atomic mass is 32.3. The third-order valence-electron chi connectivity index (χ3n) is 10.1. The van der Waals surface area contributed by atoms with Gasteiger partial charge in [0, 0.05) is 11.9 Å². The molecule has 0 unspecified atom stereocenters. The summed E-state index contributed by atoms with van der Waals surface area (Å²) in [7, 11) is -5.03. The van der Waals surface area contributed by atoms with Crippen molar-refractivity contribution in [2.24, 2.45) is 46.3 Å². The third-order valence-corrected chi connectivity index (χ3v) is 10.6. The zero-order valence-corrected chi connectivity index (χ0v) is 21.8. The predicted molar refractivity (Wildman–Crippen MR) is 131 cm³/mol. The summed E-state index contributed by atoms with van der Waals surface area (Å²) in [5, 5.41) is 11.2. The zero-order valence-electron chi connectivity index (χ0n) is 25.0. The lowest BCUT2D eigenvalue weighted by molar-refractivity contribution is -0.138. The highest BCUT2D eigenvalue weighted by Crippen LogP contribution is 2.68. The molecule has 0 bridgehead atoms. The van der Waals surface area contributed by atoms with Crippen LogP contribution in [-0.2, 0) is 24.2 Å². The van der Waals surface area contributed by atoms with E-state index in [4.69, 9.17) is 10.6 Å². The normalized spacial score (nSPS) is 46.4. The number of amides is 1. The first kappa shape index (κ1) is 21.9. The lowest BCUT2D eigenvalue weighted by atomic mass is 9.44. The Balaban J connectivity index is 1.51. The summed E-state index contributed by atoms with van der Waals surface area (Å²) in [6, 6.07) is 0. The van der Waals surface area contributed by atoms with E-state index in [2.05, 4.69) is 23.3 Å². The van der Waals surface area contributed by atoms with Crippen LogP contribution in [0.3, 0.4) is 0 Å². The summed E-state index contributed by atoms with van der Waals surface area (Å²) in [6.07, 6.45) is -0.396. The molecule has 3 N–H and O–H groups in total. The van der Waals surface area contributed by atoms with Crippen molar-refractivity contribution in [2.45, 2.75) is 97.4 Å². The fraction of sp³-hybridized carbons (Fsp3) is 0.923. The van der Waals surface area contributed by atoms with Crippen molar-refractivity contribution in [1.82, 2.24) is 5.32 Å². The monoisotopic (exact) mass is 517 g/mol. The number of fused-ring (bicyclic) bond motifs is 5. The van der Waals surface area contributed by atoms with Gasteiger partial charge in [-0.1, -0.05) is 20.8 Å². The van der Waals surface area contributed by atoms with Gasteiger partial charge in [-0.25, -0.2) is 4.18 Å². The van der Waals surface area contributed by atoms with Gasteiger partial charge < -0.3 is 10.4 Å². The van der Waals surface area contributed by atoms with E-state index in [9.17, 15) is 22.6 Å². The third kappa shape index (κ3) is 5.42. The van der Waals surface area contributed by atoms with Crippen molar-refractivity contribution in [3.8, 4) is 0 Å². The Labute approximate surface area is 215 Å². The van der Waals surface area contributed by atoms with Crippen molar-refractivity contribution in [3.05, 3.63) is 0 Å². The fourth-order valence-electron chi connectivity index (χ4n) is 8.52. The van der Waals surface area contributed by atoms with Crippen LogP contribution in [-0.4, -0.2) is 42.6 Å². The number of rotatable bonds is 8. The molecule has 4 fully saturated rings. The number of carboxylic acids is 1. The van der Waals surface area contributed by atoms with Crippen LogP contribution in [0.4, 0.5) is 0 Å². The molecule has 4 saturated carbocycles. The van der Waals surface area contributed by atoms with Crippen LogP contribution in [0.1, 0.15) is 96.8 Å². The first-order chi connectivity index (χ1) is 17.8. The lowest BCUT2D eigenvalue weighted by Crippen LogP contribution is -2.54. The minimum atomic E-state index is -5.03. The summed E-state index contributed by atoms with van der Waals surface area (Å²) < 4.78 is 71.9. The van der Waals surface area contributed by atoms with Crippen molar-refractivity contribution < 1.29 is 37.3 Å². The molecule has 0 aliphatic heterocycles. The fourth-order valence-corrected chi connectivity index (χ4v) is 8.89. The molecule has 9 atom stereocenters. The predicted octanol–water partition coefficient (Wildman–Crippen LogP) is 4.45. The molecule has 0 saturated heterocycles. The van der Waals surface area contributed by atoms with Crippen LogP contribution in [0.2, 0.25) is 0 Å². The second kappa shape index (κ2) is 9.93. The van der Waals surface area contributed by atoms with Gasteiger partial charge in [0.05, 0.1) is 6.10 Å². The molecule has 4 aliphatic rings. The molecular weight excluding hydrogens is 470 g/mol. The topological polar surface area (TPSA) is 130 Å². The Morgan fingerprint density at radius 1 is 1.11 bits per heavy atom. The average molecular weight is 518 g/mol.